The van der Waals surface area contributed by atoms with Crippen molar-refractivity contribution >= 4 is 21.7 Å². The molecule has 0 aliphatic rings. The molecule has 0 radical (unpaired) electrons. The topological polar surface area (TPSA) is 91.8 Å². The lowest BCUT2D eigenvalue weighted by molar-refractivity contribution is -0.137. The Balaban J connectivity index is 2.78. The van der Waals surface area contributed by atoms with E-state index in [1.165, 1.54) is 29.2 Å². The summed E-state index contributed by atoms with van der Waals surface area (Å²) < 4.78 is 24.0. The molecule has 1 rings (SSSR count). The Hall–Kier alpha value is -1.89. The number of aliphatic carboxylic acids is 1. The Labute approximate surface area is 130 Å². The van der Waals surface area contributed by atoms with Crippen molar-refractivity contribution in [2.75, 3.05) is 13.6 Å². The third-order valence-corrected chi connectivity index (χ3v) is 5.45. The second kappa shape index (κ2) is 7.40. The summed E-state index contributed by atoms with van der Waals surface area (Å²) in [6, 6.07) is 5.80. The zero-order chi connectivity index (χ0) is 16.9. The summed E-state index contributed by atoms with van der Waals surface area (Å²) in [4.78, 5) is 24.2. The third kappa shape index (κ3) is 4.56. The van der Waals surface area contributed by atoms with E-state index in [2.05, 4.69) is 0 Å². The van der Waals surface area contributed by atoms with Gasteiger partial charge in [0.1, 0.15) is 0 Å². The van der Waals surface area contributed by atoms with E-state index in [9.17, 15) is 18.0 Å². The lowest BCUT2D eigenvalue weighted by atomic mass is 10.2. The van der Waals surface area contributed by atoms with Gasteiger partial charge in [-0.1, -0.05) is 0 Å². The first-order valence-corrected chi connectivity index (χ1v) is 8.52. The first-order valence-electron chi connectivity index (χ1n) is 6.97. The zero-order valence-corrected chi connectivity index (χ0v) is 13.8. The predicted octanol–water partition coefficient (Wildman–Crippen LogP) is 1.81. The molecule has 1 amide bonds. The summed E-state index contributed by atoms with van der Waals surface area (Å²) in [6.45, 7) is 3.53. The third-order valence-electron chi connectivity index (χ3n) is 3.28. The number of rotatable bonds is 7. The molecule has 0 aliphatic heterocycles. The van der Waals surface area contributed by atoms with Crippen molar-refractivity contribution in [2.24, 2.45) is 0 Å². The number of hydrogen-bond acceptors (Lipinski definition) is 4. The molecule has 0 bridgehead atoms. The number of nitrogens with zero attached hydrogens (tertiary/aromatic N) is 1. The molecule has 0 heterocycles. The van der Waals surface area contributed by atoms with Crippen LogP contribution in [0.1, 0.15) is 37.0 Å². The number of benzene rings is 1. The lowest BCUT2D eigenvalue weighted by Gasteiger charge is -2.17. The summed E-state index contributed by atoms with van der Waals surface area (Å²) in [5.74, 6) is -1.16. The van der Waals surface area contributed by atoms with E-state index in [1.807, 2.05) is 0 Å². The standard InChI is InChI=1S/C15H21NO5S/c1-11(2)22(20,21)13-8-6-12(7-9-13)15(19)16(3)10-4-5-14(17)18/h6-9,11H,4-5,10H2,1-3H3,(H,17,18). The number of carbonyl (C=O) groups is 2. The molecule has 7 heteroatoms. The van der Waals surface area contributed by atoms with E-state index in [4.69, 9.17) is 5.11 Å². The van der Waals surface area contributed by atoms with E-state index in [0.717, 1.165) is 0 Å². The van der Waals surface area contributed by atoms with Crippen molar-refractivity contribution in [2.45, 2.75) is 36.8 Å². The average molecular weight is 327 g/mol. The van der Waals surface area contributed by atoms with Gasteiger partial charge < -0.3 is 10.0 Å². The number of hydrogen-bond donors (Lipinski definition) is 1. The fourth-order valence-electron chi connectivity index (χ4n) is 1.85. The van der Waals surface area contributed by atoms with E-state index >= 15 is 0 Å². The minimum atomic E-state index is -3.35. The van der Waals surface area contributed by atoms with Gasteiger partial charge in [-0.05, 0) is 44.5 Å². The maximum absolute atomic E-state index is 12.1. The molecule has 122 valence electrons. The molecule has 22 heavy (non-hydrogen) atoms. The van der Waals surface area contributed by atoms with E-state index < -0.39 is 21.1 Å². The Morgan fingerprint density at radius 1 is 1.18 bits per heavy atom. The van der Waals surface area contributed by atoms with Gasteiger partial charge >= 0.3 is 5.97 Å². The van der Waals surface area contributed by atoms with Crippen LogP contribution >= 0.6 is 0 Å². The molecule has 0 fully saturated rings. The van der Waals surface area contributed by atoms with Gasteiger partial charge in [0.2, 0.25) is 0 Å². The van der Waals surface area contributed by atoms with Crippen molar-refractivity contribution in [1.82, 2.24) is 4.90 Å². The molecule has 0 spiro atoms. The summed E-state index contributed by atoms with van der Waals surface area (Å²) in [6.07, 6.45) is 0.376. The first kappa shape index (κ1) is 18.2. The Kier molecular flexibility index (Phi) is 6.11. The number of amides is 1. The van der Waals surface area contributed by atoms with Crippen molar-refractivity contribution in [3.63, 3.8) is 0 Å². The molecule has 1 aromatic carbocycles. The molecule has 1 N–H and O–H groups in total. The molecule has 0 aliphatic carbocycles. The molecule has 0 saturated heterocycles. The quantitative estimate of drug-likeness (QED) is 0.824. The van der Waals surface area contributed by atoms with Gasteiger partial charge in [0.05, 0.1) is 10.1 Å². The van der Waals surface area contributed by atoms with Gasteiger partial charge in [-0.2, -0.15) is 0 Å². The van der Waals surface area contributed by atoms with Crippen LogP contribution in [0.3, 0.4) is 0 Å². The highest BCUT2D eigenvalue weighted by Crippen LogP contribution is 2.17. The summed E-state index contributed by atoms with van der Waals surface area (Å²) in [5.41, 5.74) is 0.375. The highest BCUT2D eigenvalue weighted by atomic mass is 32.2. The van der Waals surface area contributed by atoms with E-state index in [1.54, 1.807) is 20.9 Å². The van der Waals surface area contributed by atoms with Crippen LogP contribution in [-0.2, 0) is 14.6 Å². The predicted molar refractivity (Wildman–Crippen MR) is 82.6 cm³/mol. The first-order chi connectivity index (χ1) is 10.2. The minimum Gasteiger partial charge on any atom is -0.481 e. The van der Waals surface area contributed by atoms with E-state index in [0.29, 0.717) is 18.5 Å². The van der Waals surface area contributed by atoms with Gasteiger partial charge in [0.25, 0.3) is 5.91 Å². The molecule has 0 aromatic heterocycles. The summed E-state index contributed by atoms with van der Waals surface area (Å²) in [5, 5.41) is 8.05. The maximum atomic E-state index is 12.1. The Bertz CT molecular complexity index is 634. The molecule has 0 unspecified atom stereocenters. The number of carboxylic acids is 1. The average Bonchev–Trinajstić information content (AvgIpc) is 2.45. The van der Waals surface area contributed by atoms with Crippen LogP contribution in [0.25, 0.3) is 0 Å². The Morgan fingerprint density at radius 3 is 2.18 bits per heavy atom. The smallest absolute Gasteiger partial charge is 0.303 e. The van der Waals surface area contributed by atoms with Gasteiger partial charge in [-0.25, -0.2) is 8.42 Å². The van der Waals surface area contributed by atoms with Crippen LogP contribution in [-0.4, -0.2) is 49.1 Å². The molecule has 6 nitrogen and oxygen atoms in total. The number of carbonyl (C=O) groups excluding carboxylic acids is 1. The fraction of sp³-hybridized carbons (Fsp3) is 0.467. The Morgan fingerprint density at radius 2 is 1.73 bits per heavy atom. The van der Waals surface area contributed by atoms with Gasteiger partial charge in [0, 0.05) is 25.6 Å². The van der Waals surface area contributed by atoms with Crippen molar-refractivity contribution in [3.05, 3.63) is 29.8 Å². The molecule has 1 aromatic rings. The highest BCUT2D eigenvalue weighted by Gasteiger charge is 2.20. The van der Waals surface area contributed by atoms with E-state index in [-0.39, 0.29) is 17.2 Å². The molecular weight excluding hydrogens is 306 g/mol. The number of carboxylic acid groups (broad SMARTS) is 1. The maximum Gasteiger partial charge on any atom is 0.303 e. The van der Waals surface area contributed by atoms with Crippen LogP contribution in [0.5, 0.6) is 0 Å². The van der Waals surface area contributed by atoms with Crippen LogP contribution in [0.4, 0.5) is 0 Å². The van der Waals surface area contributed by atoms with Gasteiger partial charge in [0.15, 0.2) is 9.84 Å². The second-order valence-electron chi connectivity index (χ2n) is 5.34. The molecule has 0 atom stereocenters. The second-order valence-corrected chi connectivity index (χ2v) is 7.85. The lowest BCUT2D eigenvalue weighted by Crippen LogP contribution is -2.28. The normalized spacial score (nSPS) is 11.5. The van der Waals surface area contributed by atoms with Gasteiger partial charge in [-0.3, -0.25) is 9.59 Å². The van der Waals surface area contributed by atoms with Crippen LogP contribution in [0.15, 0.2) is 29.2 Å². The van der Waals surface area contributed by atoms with Gasteiger partial charge in [-0.15, -0.1) is 0 Å². The highest BCUT2D eigenvalue weighted by molar-refractivity contribution is 7.92. The van der Waals surface area contributed by atoms with Crippen molar-refractivity contribution < 1.29 is 23.1 Å². The van der Waals surface area contributed by atoms with Crippen LogP contribution in [0, 0.1) is 0 Å². The fourth-order valence-corrected chi connectivity index (χ4v) is 2.91. The summed E-state index contributed by atoms with van der Waals surface area (Å²) in [7, 11) is -1.77. The van der Waals surface area contributed by atoms with Crippen molar-refractivity contribution in [1.29, 1.82) is 0 Å². The van der Waals surface area contributed by atoms with Crippen molar-refractivity contribution in [3.8, 4) is 0 Å². The molecular formula is C15H21NO5S. The summed E-state index contributed by atoms with van der Waals surface area (Å²) >= 11 is 0. The van der Waals surface area contributed by atoms with Crippen LogP contribution < -0.4 is 0 Å². The monoisotopic (exact) mass is 327 g/mol. The molecule has 0 saturated carbocycles. The minimum absolute atomic E-state index is 0.00316. The largest absolute Gasteiger partial charge is 0.481 e. The number of sulfone groups is 1. The van der Waals surface area contributed by atoms with Crippen LogP contribution in [0.2, 0.25) is 0 Å². The zero-order valence-electron chi connectivity index (χ0n) is 12.9. The SMILES string of the molecule is CC(C)S(=O)(=O)c1ccc(C(=O)N(C)CCCC(=O)O)cc1.